The van der Waals surface area contributed by atoms with Crippen molar-refractivity contribution >= 4 is 33.0 Å². The minimum absolute atomic E-state index is 0.246. The third-order valence-electron chi connectivity index (χ3n) is 6.35. The Bertz CT molecular complexity index is 1590. The van der Waals surface area contributed by atoms with E-state index in [2.05, 4.69) is 35.7 Å². The number of hydrogen-bond acceptors (Lipinski definition) is 4. The summed E-state index contributed by atoms with van der Waals surface area (Å²) in [7, 11) is 4.91. The molecule has 0 saturated carbocycles. The van der Waals surface area contributed by atoms with Gasteiger partial charge in [-0.1, -0.05) is 12.1 Å². The molecule has 0 aliphatic carbocycles. The van der Waals surface area contributed by atoms with Gasteiger partial charge in [0, 0.05) is 24.6 Å². The molecule has 6 nitrogen and oxygen atoms in total. The zero-order chi connectivity index (χ0) is 24.0. The normalized spacial score (nSPS) is 11.2. The summed E-state index contributed by atoms with van der Waals surface area (Å²) in [5.74, 6) is 1.15. The average Bonchev–Trinajstić information content (AvgIpc) is 2.87. The molecule has 2 heterocycles. The van der Waals surface area contributed by atoms with Gasteiger partial charge < -0.3 is 19.3 Å². The maximum absolute atomic E-state index is 11.3. The molecule has 0 aliphatic heterocycles. The van der Waals surface area contributed by atoms with E-state index in [1.165, 1.54) is 0 Å². The predicted molar refractivity (Wildman–Crippen MR) is 131 cm³/mol. The first-order chi connectivity index (χ1) is 16.4. The summed E-state index contributed by atoms with van der Waals surface area (Å²) in [6.45, 7) is 2.09. The number of methoxy groups -OCH3 is 3. The number of ether oxygens (including phenoxy) is 3. The zero-order valence-electron chi connectivity index (χ0n) is 19.4. The highest BCUT2D eigenvalue weighted by Gasteiger charge is 2.19. The van der Waals surface area contributed by atoms with Gasteiger partial charge in [-0.05, 0) is 52.7 Å². The minimum Gasteiger partial charge on any atom is -0.496 e. The summed E-state index contributed by atoms with van der Waals surface area (Å²) in [5, 5.41) is 13.5. The number of carboxylic acid groups (broad SMARTS) is 1. The van der Waals surface area contributed by atoms with E-state index in [1.54, 1.807) is 33.5 Å². The van der Waals surface area contributed by atoms with Crippen LogP contribution in [0, 0.1) is 6.92 Å². The van der Waals surface area contributed by atoms with Gasteiger partial charge in [0.05, 0.1) is 37.7 Å². The van der Waals surface area contributed by atoms with Crippen molar-refractivity contribution < 1.29 is 28.5 Å². The zero-order valence-corrected chi connectivity index (χ0v) is 19.4. The van der Waals surface area contributed by atoms with Crippen LogP contribution in [0.1, 0.15) is 16.1 Å². The smallest absolute Gasteiger partial charge is 0.335 e. The molecule has 0 spiro atoms. The van der Waals surface area contributed by atoms with Crippen LogP contribution in [0.4, 0.5) is 0 Å². The molecule has 5 rings (SSSR count). The largest absolute Gasteiger partial charge is 0.496 e. The maximum atomic E-state index is 11.3. The lowest BCUT2D eigenvalue weighted by atomic mass is 9.98. The van der Waals surface area contributed by atoms with Gasteiger partial charge in [0.2, 0.25) is 5.52 Å². The monoisotopic (exact) mass is 454 g/mol. The molecule has 0 fully saturated rings. The van der Waals surface area contributed by atoms with Crippen LogP contribution < -0.4 is 18.6 Å². The van der Waals surface area contributed by atoms with Crippen molar-refractivity contribution in [3.05, 3.63) is 78.1 Å². The van der Waals surface area contributed by atoms with Crippen molar-refractivity contribution in [2.24, 2.45) is 0 Å². The number of carboxylic acids is 1. The van der Waals surface area contributed by atoms with Crippen LogP contribution in [-0.4, -0.2) is 32.4 Å². The third kappa shape index (κ3) is 3.35. The van der Waals surface area contributed by atoms with E-state index in [0.717, 1.165) is 49.6 Å². The number of aryl methyl sites for hydroxylation is 1. The Morgan fingerprint density at radius 1 is 0.765 bits per heavy atom. The maximum Gasteiger partial charge on any atom is 0.335 e. The quantitative estimate of drug-likeness (QED) is 0.218. The molecule has 0 radical (unpaired) electrons. The number of aromatic nitrogens is 1. The number of aromatic carboxylic acids is 1. The van der Waals surface area contributed by atoms with Gasteiger partial charge >= 0.3 is 5.97 Å². The Hall–Kier alpha value is -4.32. The van der Waals surface area contributed by atoms with E-state index in [9.17, 15) is 9.90 Å². The van der Waals surface area contributed by atoms with Gasteiger partial charge in [0.1, 0.15) is 5.75 Å². The Kier molecular flexibility index (Phi) is 5.21. The van der Waals surface area contributed by atoms with Crippen molar-refractivity contribution in [3.63, 3.8) is 0 Å². The van der Waals surface area contributed by atoms with Gasteiger partial charge in [0.15, 0.2) is 23.4 Å². The van der Waals surface area contributed by atoms with Crippen molar-refractivity contribution in [2.75, 3.05) is 21.3 Å². The Morgan fingerprint density at radius 2 is 1.41 bits per heavy atom. The molecule has 0 saturated heterocycles. The van der Waals surface area contributed by atoms with E-state index in [1.807, 2.05) is 30.3 Å². The summed E-state index contributed by atoms with van der Waals surface area (Å²) in [4.78, 5) is 11.3. The summed E-state index contributed by atoms with van der Waals surface area (Å²) in [6, 6.07) is 19.2. The molecular weight excluding hydrogens is 430 g/mol. The average molecular weight is 455 g/mol. The number of carbonyl (C=O) groups is 1. The predicted octanol–water partition coefficient (Wildman–Crippen LogP) is 5.43. The number of benzene rings is 3. The molecule has 1 N–H and O–H groups in total. The standard InChI is InChI=1S/C28H23NO5/c1-16-21-15-27(34-4)26(33-3)13-20(21)11-24-22-14-23(17-5-7-18(8-6-17)28(30)31)25(32-2)12-19(22)9-10-29(16)24/h5-15H,1-4H3/p+1. The molecular formula is C28H24NO5+. The van der Waals surface area contributed by atoms with Gasteiger partial charge in [-0.15, -0.1) is 0 Å². The fourth-order valence-corrected chi connectivity index (χ4v) is 4.55. The molecule has 5 aromatic rings. The first-order valence-corrected chi connectivity index (χ1v) is 10.8. The Labute approximate surface area is 196 Å². The number of nitrogens with zero attached hydrogens (tertiary/aromatic N) is 1. The van der Waals surface area contributed by atoms with Crippen molar-refractivity contribution in [1.82, 2.24) is 0 Å². The Morgan fingerprint density at radius 3 is 2.06 bits per heavy atom. The van der Waals surface area contributed by atoms with Gasteiger partial charge in [-0.3, -0.25) is 0 Å². The van der Waals surface area contributed by atoms with E-state index >= 15 is 0 Å². The second-order valence-electron chi connectivity index (χ2n) is 8.12. The highest BCUT2D eigenvalue weighted by molar-refractivity contribution is 6.02. The van der Waals surface area contributed by atoms with E-state index in [0.29, 0.717) is 11.5 Å². The highest BCUT2D eigenvalue weighted by Crippen LogP contribution is 2.37. The number of fused-ring (bicyclic) bond motifs is 4. The molecule has 170 valence electrons. The fourth-order valence-electron chi connectivity index (χ4n) is 4.55. The first-order valence-electron chi connectivity index (χ1n) is 10.8. The fraction of sp³-hybridized carbons (Fsp3) is 0.143. The summed E-state index contributed by atoms with van der Waals surface area (Å²) >= 11 is 0. The molecule has 0 bridgehead atoms. The molecule has 2 aromatic heterocycles. The second kappa shape index (κ2) is 8.23. The van der Waals surface area contributed by atoms with Gasteiger partial charge in [-0.25, -0.2) is 4.79 Å². The molecule has 0 amide bonds. The van der Waals surface area contributed by atoms with Crippen molar-refractivity contribution in [3.8, 4) is 28.4 Å². The topological polar surface area (TPSA) is 69.1 Å². The van der Waals surface area contributed by atoms with Crippen molar-refractivity contribution in [2.45, 2.75) is 6.92 Å². The van der Waals surface area contributed by atoms with Crippen molar-refractivity contribution in [1.29, 1.82) is 0 Å². The molecule has 0 atom stereocenters. The highest BCUT2D eigenvalue weighted by atomic mass is 16.5. The van der Waals surface area contributed by atoms with Crippen LogP contribution in [0.15, 0.2) is 66.9 Å². The number of hydrogen-bond donors (Lipinski definition) is 1. The molecule has 3 aromatic carbocycles. The first kappa shape index (κ1) is 21.5. The van der Waals surface area contributed by atoms with Crippen LogP contribution in [0.2, 0.25) is 0 Å². The van der Waals surface area contributed by atoms with Crippen LogP contribution >= 0.6 is 0 Å². The number of rotatable bonds is 5. The molecule has 34 heavy (non-hydrogen) atoms. The Balaban J connectivity index is 1.81. The van der Waals surface area contributed by atoms with Crippen LogP contribution in [0.3, 0.4) is 0 Å². The van der Waals surface area contributed by atoms with Crippen LogP contribution in [0.25, 0.3) is 38.2 Å². The number of pyridine rings is 2. The third-order valence-corrected chi connectivity index (χ3v) is 6.35. The second-order valence-corrected chi connectivity index (χ2v) is 8.12. The van der Waals surface area contributed by atoms with Crippen LogP contribution in [-0.2, 0) is 0 Å². The lowest BCUT2D eigenvalue weighted by Gasteiger charge is -2.13. The van der Waals surface area contributed by atoms with Gasteiger partial charge in [-0.2, -0.15) is 4.40 Å². The lowest BCUT2D eigenvalue weighted by Crippen LogP contribution is -2.25. The summed E-state index contributed by atoms with van der Waals surface area (Å²) in [6.07, 6.45) is 2.06. The molecule has 0 aliphatic rings. The van der Waals surface area contributed by atoms with Crippen LogP contribution in [0.5, 0.6) is 17.2 Å². The minimum atomic E-state index is -0.950. The van der Waals surface area contributed by atoms with E-state index in [-0.39, 0.29) is 5.56 Å². The van der Waals surface area contributed by atoms with E-state index < -0.39 is 5.97 Å². The van der Waals surface area contributed by atoms with Gasteiger partial charge in [0.25, 0.3) is 0 Å². The molecule has 6 heteroatoms. The molecule has 0 unspecified atom stereocenters. The lowest BCUT2D eigenvalue weighted by molar-refractivity contribution is -0.516. The summed E-state index contributed by atoms with van der Waals surface area (Å²) < 4.78 is 18.9. The SMILES string of the molecule is COc1cc2cc3c4cc(-c5ccc(C(=O)O)cc5)c(OC)cc4cc[n+]3c(C)c2cc1OC. The van der Waals surface area contributed by atoms with E-state index in [4.69, 9.17) is 14.2 Å². The summed E-state index contributed by atoms with van der Waals surface area (Å²) in [5.41, 5.74) is 4.15.